The number of ether oxygens (including phenoxy) is 1. The van der Waals surface area contributed by atoms with Crippen LogP contribution in [0.1, 0.15) is 11.1 Å². The number of hydrogen-bond acceptors (Lipinski definition) is 6. The number of nitrogens with zero attached hydrogens (tertiary/aromatic N) is 4. The highest BCUT2D eigenvalue weighted by Gasteiger charge is 2.23. The van der Waals surface area contributed by atoms with Crippen LogP contribution in [0.3, 0.4) is 0 Å². The van der Waals surface area contributed by atoms with Gasteiger partial charge in [0.05, 0.1) is 29.1 Å². The summed E-state index contributed by atoms with van der Waals surface area (Å²) >= 11 is 5.92. The van der Waals surface area contributed by atoms with Gasteiger partial charge in [-0.1, -0.05) is 29.8 Å². The average molecular weight is 519 g/mol. The quantitative estimate of drug-likeness (QED) is 0.360. The molecule has 0 saturated carbocycles. The minimum atomic E-state index is -0.618. The number of aromatic nitrogens is 1. The fraction of sp³-hybridized carbons (Fsp3) is 0.345. The van der Waals surface area contributed by atoms with Gasteiger partial charge in [0.2, 0.25) is 0 Å². The first kappa shape index (κ1) is 25.4. The number of nitriles is 1. The lowest BCUT2D eigenvalue weighted by Crippen LogP contribution is -2.49. The minimum Gasteiger partial charge on any atom is -0.507 e. The number of rotatable bonds is 8. The molecule has 0 aliphatic carbocycles. The molecule has 0 radical (unpaired) electrons. The number of phenols is 1. The number of halogens is 1. The molecule has 1 aliphatic heterocycles. The van der Waals surface area contributed by atoms with Crippen LogP contribution in [0.2, 0.25) is 5.02 Å². The zero-order valence-corrected chi connectivity index (χ0v) is 21.7. The predicted molar refractivity (Wildman–Crippen MR) is 146 cm³/mol. The molecular formula is C29H31ClN4O3. The maximum absolute atomic E-state index is 11.1. The Morgan fingerprint density at radius 2 is 1.73 bits per heavy atom. The van der Waals surface area contributed by atoms with E-state index in [1.54, 1.807) is 6.07 Å². The number of aryl methyl sites for hydroxylation is 1. The van der Waals surface area contributed by atoms with Gasteiger partial charge in [-0.3, -0.25) is 9.80 Å². The maximum Gasteiger partial charge on any atom is 0.125 e. The number of β-amino-alcohol motifs (C(OH)–C–C–N with tert-alkyl or cyclic N) is 1. The lowest BCUT2D eigenvalue weighted by molar-refractivity contribution is 0.0614. The van der Waals surface area contributed by atoms with Gasteiger partial charge < -0.3 is 19.5 Å². The zero-order chi connectivity index (χ0) is 25.9. The number of aliphatic hydroxyl groups is 1. The SMILES string of the molecule is Cc1cc(O)c2c3ccccc3n(CC(O)CN3CCN(CCOc4ccc(Cl)cc4)CC3)c2c1C#N. The Balaban J connectivity index is 1.22. The van der Waals surface area contributed by atoms with Gasteiger partial charge in [0.25, 0.3) is 0 Å². The number of benzene rings is 3. The van der Waals surface area contributed by atoms with Gasteiger partial charge >= 0.3 is 0 Å². The van der Waals surface area contributed by atoms with Crippen LogP contribution in [0.15, 0.2) is 54.6 Å². The molecule has 3 aromatic carbocycles. The fourth-order valence-electron chi connectivity index (χ4n) is 5.27. The van der Waals surface area contributed by atoms with Crippen LogP contribution in [0.25, 0.3) is 21.8 Å². The van der Waals surface area contributed by atoms with E-state index in [4.69, 9.17) is 16.3 Å². The Hall–Kier alpha value is -3.28. The molecule has 2 heterocycles. The largest absolute Gasteiger partial charge is 0.507 e. The highest BCUT2D eigenvalue weighted by molar-refractivity contribution is 6.30. The smallest absolute Gasteiger partial charge is 0.125 e. The van der Waals surface area contributed by atoms with E-state index in [0.717, 1.165) is 54.9 Å². The summed E-state index contributed by atoms with van der Waals surface area (Å²) in [7, 11) is 0. The summed E-state index contributed by atoms with van der Waals surface area (Å²) in [4.78, 5) is 4.65. The molecule has 8 heteroatoms. The summed E-state index contributed by atoms with van der Waals surface area (Å²) in [6.45, 7) is 7.75. The molecule has 37 heavy (non-hydrogen) atoms. The normalized spacial score (nSPS) is 15.7. The molecule has 7 nitrogen and oxygen atoms in total. The molecule has 1 unspecified atom stereocenters. The van der Waals surface area contributed by atoms with E-state index in [9.17, 15) is 15.5 Å². The number of fused-ring (bicyclic) bond motifs is 3. The summed E-state index contributed by atoms with van der Waals surface area (Å²) < 4.78 is 7.81. The first-order valence-corrected chi connectivity index (χ1v) is 13.0. The van der Waals surface area contributed by atoms with Crippen LogP contribution in [-0.4, -0.2) is 76.6 Å². The van der Waals surface area contributed by atoms with Gasteiger partial charge in [0.15, 0.2) is 0 Å². The molecule has 5 rings (SSSR count). The second kappa shape index (κ2) is 11.0. The van der Waals surface area contributed by atoms with Crippen molar-refractivity contribution in [3.05, 3.63) is 70.7 Å². The van der Waals surface area contributed by atoms with Crippen LogP contribution >= 0.6 is 11.6 Å². The van der Waals surface area contributed by atoms with E-state index < -0.39 is 6.10 Å². The molecule has 0 amide bonds. The van der Waals surface area contributed by atoms with Crippen LogP contribution < -0.4 is 4.74 Å². The topological polar surface area (TPSA) is 84.9 Å². The Labute approximate surface area is 221 Å². The first-order valence-electron chi connectivity index (χ1n) is 12.6. The van der Waals surface area contributed by atoms with Gasteiger partial charge in [-0.2, -0.15) is 5.26 Å². The van der Waals surface area contributed by atoms with Gasteiger partial charge in [0, 0.05) is 55.2 Å². The summed E-state index contributed by atoms with van der Waals surface area (Å²) in [5, 5.41) is 33.9. The van der Waals surface area contributed by atoms with E-state index >= 15 is 0 Å². The third-order valence-corrected chi connectivity index (χ3v) is 7.39. The van der Waals surface area contributed by atoms with Crippen LogP contribution in [0, 0.1) is 18.3 Å². The highest BCUT2D eigenvalue weighted by Crippen LogP contribution is 2.38. The number of hydrogen-bond donors (Lipinski definition) is 2. The monoisotopic (exact) mass is 518 g/mol. The Morgan fingerprint density at radius 3 is 2.46 bits per heavy atom. The molecule has 2 N–H and O–H groups in total. The van der Waals surface area contributed by atoms with Crippen molar-refractivity contribution in [2.24, 2.45) is 0 Å². The number of phenolic OH excluding ortho intramolecular Hbond substituents is 1. The van der Waals surface area contributed by atoms with Gasteiger partial charge in [0.1, 0.15) is 24.2 Å². The molecule has 1 atom stereocenters. The lowest BCUT2D eigenvalue weighted by atomic mass is 10.0. The van der Waals surface area contributed by atoms with Crippen molar-refractivity contribution in [2.45, 2.75) is 19.6 Å². The lowest BCUT2D eigenvalue weighted by Gasteiger charge is -2.35. The third-order valence-electron chi connectivity index (χ3n) is 7.14. The first-order chi connectivity index (χ1) is 17.9. The highest BCUT2D eigenvalue weighted by atomic mass is 35.5. The molecule has 4 aromatic rings. The second-order valence-electron chi connectivity index (χ2n) is 9.65. The van der Waals surface area contributed by atoms with Crippen molar-refractivity contribution in [1.82, 2.24) is 14.4 Å². The van der Waals surface area contributed by atoms with Crippen molar-refractivity contribution < 1.29 is 14.9 Å². The predicted octanol–water partition coefficient (Wildman–Crippen LogP) is 4.39. The molecule has 1 aromatic heterocycles. The molecule has 1 aliphatic rings. The van der Waals surface area contributed by atoms with E-state index in [2.05, 4.69) is 15.9 Å². The summed E-state index contributed by atoms with van der Waals surface area (Å²) in [6, 6.07) is 19.1. The second-order valence-corrected chi connectivity index (χ2v) is 10.1. The Kier molecular flexibility index (Phi) is 7.54. The Bertz CT molecular complexity index is 1440. The fourth-order valence-corrected chi connectivity index (χ4v) is 5.40. The number of aromatic hydroxyl groups is 1. The van der Waals surface area contributed by atoms with Gasteiger partial charge in [-0.25, -0.2) is 0 Å². The number of piperazine rings is 1. The maximum atomic E-state index is 11.1. The summed E-state index contributed by atoms with van der Waals surface area (Å²) in [5.74, 6) is 0.978. The van der Waals surface area contributed by atoms with Crippen molar-refractivity contribution in [1.29, 1.82) is 5.26 Å². The Morgan fingerprint density at radius 1 is 1.03 bits per heavy atom. The molecule has 1 fully saturated rings. The summed E-state index contributed by atoms with van der Waals surface area (Å²) in [6.07, 6.45) is -0.618. The van der Waals surface area contributed by atoms with E-state index in [1.165, 1.54) is 0 Å². The van der Waals surface area contributed by atoms with Gasteiger partial charge in [-0.15, -0.1) is 0 Å². The summed E-state index contributed by atoms with van der Waals surface area (Å²) in [5.41, 5.74) is 2.85. The van der Waals surface area contributed by atoms with Crippen molar-refractivity contribution in [3.63, 3.8) is 0 Å². The van der Waals surface area contributed by atoms with Gasteiger partial charge in [-0.05, 0) is 48.9 Å². The number of aliphatic hydroxyl groups excluding tert-OH is 1. The minimum absolute atomic E-state index is 0.159. The van der Waals surface area contributed by atoms with Crippen LogP contribution in [-0.2, 0) is 6.54 Å². The van der Waals surface area contributed by atoms with Crippen molar-refractivity contribution in [3.8, 4) is 17.6 Å². The molecule has 1 saturated heterocycles. The van der Waals surface area contributed by atoms with Crippen molar-refractivity contribution in [2.75, 3.05) is 45.9 Å². The van der Waals surface area contributed by atoms with Crippen LogP contribution in [0.4, 0.5) is 0 Å². The third kappa shape index (κ3) is 5.39. The molecular weight excluding hydrogens is 488 g/mol. The van der Waals surface area contributed by atoms with E-state index in [1.807, 2.05) is 60.0 Å². The van der Waals surface area contributed by atoms with Crippen molar-refractivity contribution >= 4 is 33.4 Å². The molecule has 0 spiro atoms. The van der Waals surface area contributed by atoms with Crippen LogP contribution in [0.5, 0.6) is 11.5 Å². The zero-order valence-electron chi connectivity index (χ0n) is 20.9. The molecule has 192 valence electrons. The van der Waals surface area contributed by atoms with E-state index in [0.29, 0.717) is 41.2 Å². The molecule has 0 bridgehead atoms. The standard InChI is InChI=1S/C29H31ClN4O3/c1-20-16-27(36)28-24-4-2-3-5-26(24)34(29(28)25(20)17-31)19-22(35)18-33-12-10-32(11-13-33)14-15-37-23-8-6-21(30)7-9-23/h2-9,16,22,35-36H,10-15,18-19H2,1H3. The number of para-hydroxylation sites is 1. The average Bonchev–Trinajstić information content (AvgIpc) is 3.21. The van der Waals surface area contributed by atoms with E-state index in [-0.39, 0.29) is 5.75 Å².